The van der Waals surface area contributed by atoms with E-state index in [1.165, 1.54) is 16.9 Å². The van der Waals surface area contributed by atoms with Crippen LogP contribution in [0.1, 0.15) is 35.4 Å². The van der Waals surface area contributed by atoms with E-state index < -0.39 is 35.5 Å². The van der Waals surface area contributed by atoms with Crippen LogP contribution in [0, 0.1) is 29.6 Å². The van der Waals surface area contributed by atoms with Gasteiger partial charge in [0.1, 0.15) is 11.5 Å². The third-order valence-electron chi connectivity index (χ3n) is 10.5. The van der Waals surface area contributed by atoms with E-state index in [1.807, 2.05) is 6.08 Å². The average molecular weight is 637 g/mol. The summed E-state index contributed by atoms with van der Waals surface area (Å²) < 4.78 is 5.26. The number of ether oxygens (including phenoxy) is 1. The second-order valence-corrected chi connectivity index (χ2v) is 12.9. The number of likely N-dealkylation sites (tertiary alicyclic amines) is 2. The Morgan fingerprint density at radius 1 is 0.681 bits per heavy atom. The fourth-order valence-corrected chi connectivity index (χ4v) is 8.24. The van der Waals surface area contributed by atoms with Crippen LogP contribution in [-0.4, -0.2) is 68.9 Å². The predicted octanol–water partition coefficient (Wildman–Crippen LogP) is 3.93. The number of fused-ring (bicyclic) bond motifs is 4. The van der Waals surface area contributed by atoms with Gasteiger partial charge in [0.2, 0.25) is 23.6 Å². The van der Waals surface area contributed by atoms with Crippen molar-refractivity contribution in [1.29, 1.82) is 0 Å². The van der Waals surface area contributed by atoms with Gasteiger partial charge in [-0.25, -0.2) is 0 Å². The number of carbonyl (C=O) groups is 4. The van der Waals surface area contributed by atoms with Gasteiger partial charge in [-0.05, 0) is 84.7 Å². The number of phenols is 3. The number of amides is 4. The fourth-order valence-electron chi connectivity index (χ4n) is 8.24. The Kier molecular flexibility index (Phi) is 7.74. The molecular weight excluding hydrogens is 600 g/mol. The minimum Gasteiger partial charge on any atom is -0.508 e. The van der Waals surface area contributed by atoms with Crippen LogP contribution in [0.2, 0.25) is 0 Å². The lowest BCUT2D eigenvalue weighted by Gasteiger charge is -2.44. The molecule has 3 aromatic carbocycles. The second kappa shape index (κ2) is 11.9. The zero-order chi connectivity index (χ0) is 33.0. The van der Waals surface area contributed by atoms with Crippen LogP contribution in [0.3, 0.4) is 0 Å². The molecule has 242 valence electrons. The Labute approximate surface area is 271 Å². The Morgan fingerprint density at radius 2 is 1.23 bits per heavy atom. The first-order chi connectivity index (χ1) is 22.7. The maximum Gasteiger partial charge on any atom is 0.234 e. The van der Waals surface area contributed by atoms with E-state index in [-0.39, 0.29) is 66.1 Å². The van der Waals surface area contributed by atoms with E-state index in [2.05, 4.69) is 0 Å². The maximum absolute atomic E-state index is 14.1. The number of imide groups is 2. The van der Waals surface area contributed by atoms with E-state index in [0.29, 0.717) is 24.8 Å². The van der Waals surface area contributed by atoms with Gasteiger partial charge in [0.05, 0.1) is 30.8 Å². The van der Waals surface area contributed by atoms with Gasteiger partial charge in [-0.2, -0.15) is 0 Å². The molecule has 1 saturated carbocycles. The molecule has 2 aliphatic heterocycles. The molecule has 6 atom stereocenters. The molecule has 47 heavy (non-hydrogen) atoms. The summed E-state index contributed by atoms with van der Waals surface area (Å²) in [5, 5.41) is 30.0. The first-order valence-corrected chi connectivity index (χ1v) is 16.0. The predicted molar refractivity (Wildman–Crippen MR) is 169 cm³/mol. The maximum atomic E-state index is 14.1. The quantitative estimate of drug-likeness (QED) is 0.249. The lowest BCUT2D eigenvalue weighted by molar-refractivity contribution is -0.142. The largest absolute Gasteiger partial charge is 0.508 e. The number of nitrogens with zero attached hydrogens (tertiary/aromatic N) is 2. The molecule has 4 aliphatic rings. The normalized spacial score (nSPS) is 26.6. The summed E-state index contributed by atoms with van der Waals surface area (Å²) in [5.41, 5.74) is 3.27. The SMILES string of the molecule is COc1ccc([C@H]2C3=CC[C@@H]4C(=O)N(CCc5ccc(O)cc5)C(=O)[C@@H]4[C@@H]3C[C@H]3C(=O)N(CCc4ccc(O)cc4)C(=O)[C@@H]23)cc1O. The van der Waals surface area contributed by atoms with Crippen molar-refractivity contribution in [2.24, 2.45) is 29.6 Å². The summed E-state index contributed by atoms with van der Waals surface area (Å²) >= 11 is 0. The summed E-state index contributed by atoms with van der Waals surface area (Å²) in [7, 11) is 1.45. The van der Waals surface area contributed by atoms with Crippen molar-refractivity contribution >= 4 is 23.6 Å². The van der Waals surface area contributed by atoms with Crippen molar-refractivity contribution in [3.8, 4) is 23.0 Å². The van der Waals surface area contributed by atoms with E-state index in [9.17, 15) is 34.5 Å². The van der Waals surface area contributed by atoms with Crippen LogP contribution in [0.25, 0.3) is 0 Å². The molecule has 2 aliphatic carbocycles. The summed E-state index contributed by atoms with van der Waals surface area (Å²) in [5.74, 6) is -4.19. The zero-order valence-electron chi connectivity index (χ0n) is 25.9. The highest BCUT2D eigenvalue weighted by molar-refractivity contribution is 6.08. The summed E-state index contributed by atoms with van der Waals surface area (Å²) in [6.45, 7) is 0.385. The van der Waals surface area contributed by atoms with E-state index in [1.54, 1.807) is 66.7 Å². The molecule has 7 rings (SSSR count). The number of phenolic OH excluding ortho intramolecular Hbond substituents is 3. The van der Waals surface area contributed by atoms with Crippen molar-refractivity contribution in [3.05, 3.63) is 95.1 Å². The molecule has 2 saturated heterocycles. The Hall–Kier alpha value is -5.12. The molecule has 2 heterocycles. The van der Waals surface area contributed by atoms with E-state index in [4.69, 9.17) is 4.74 Å². The number of rotatable bonds is 8. The third kappa shape index (κ3) is 5.21. The van der Waals surface area contributed by atoms with Gasteiger partial charge in [0, 0.05) is 19.0 Å². The van der Waals surface area contributed by atoms with Gasteiger partial charge in [0.15, 0.2) is 11.5 Å². The van der Waals surface area contributed by atoms with Gasteiger partial charge >= 0.3 is 0 Å². The van der Waals surface area contributed by atoms with Crippen molar-refractivity contribution < 1.29 is 39.2 Å². The fraction of sp³-hybridized carbons (Fsp3) is 0.351. The Morgan fingerprint density at radius 3 is 1.79 bits per heavy atom. The molecule has 10 nitrogen and oxygen atoms in total. The zero-order valence-corrected chi connectivity index (χ0v) is 25.9. The van der Waals surface area contributed by atoms with Crippen molar-refractivity contribution in [3.63, 3.8) is 0 Å². The molecule has 0 spiro atoms. The first kappa shape index (κ1) is 30.5. The summed E-state index contributed by atoms with van der Waals surface area (Å²) in [6.07, 6.45) is 3.48. The van der Waals surface area contributed by atoms with E-state index >= 15 is 0 Å². The Balaban J connectivity index is 1.21. The van der Waals surface area contributed by atoms with E-state index in [0.717, 1.165) is 16.7 Å². The van der Waals surface area contributed by atoms with Gasteiger partial charge in [-0.3, -0.25) is 29.0 Å². The van der Waals surface area contributed by atoms with Crippen LogP contribution in [-0.2, 0) is 32.0 Å². The monoisotopic (exact) mass is 636 g/mol. The molecule has 4 amide bonds. The molecule has 0 radical (unpaired) electrons. The topological polar surface area (TPSA) is 145 Å². The van der Waals surface area contributed by atoms with Crippen LogP contribution in [0.5, 0.6) is 23.0 Å². The molecular formula is C37H36N2O8. The van der Waals surface area contributed by atoms with Crippen LogP contribution in [0.15, 0.2) is 78.4 Å². The van der Waals surface area contributed by atoms with Crippen LogP contribution >= 0.6 is 0 Å². The number of aromatic hydroxyl groups is 3. The summed E-state index contributed by atoms with van der Waals surface area (Å²) in [4.78, 5) is 58.5. The number of benzene rings is 3. The van der Waals surface area contributed by atoms with Gasteiger partial charge in [0.25, 0.3) is 0 Å². The second-order valence-electron chi connectivity index (χ2n) is 12.9. The highest BCUT2D eigenvalue weighted by Crippen LogP contribution is 2.58. The molecule has 3 aromatic rings. The third-order valence-corrected chi connectivity index (χ3v) is 10.5. The van der Waals surface area contributed by atoms with Crippen LogP contribution in [0.4, 0.5) is 0 Å². The van der Waals surface area contributed by atoms with Crippen molar-refractivity contribution in [1.82, 2.24) is 9.80 Å². The molecule has 0 aromatic heterocycles. The number of hydrogen-bond donors (Lipinski definition) is 3. The molecule has 3 fully saturated rings. The smallest absolute Gasteiger partial charge is 0.234 e. The average Bonchev–Trinajstić information content (AvgIpc) is 3.46. The molecule has 3 N–H and O–H groups in total. The first-order valence-electron chi connectivity index (χ1n) is 16.0. The number of carbonyl (C=O) groups excluding carboxylic acids is 4. The van der Waals surface area contributed by atoms with Gasteiger partial charge in [-0.1, -0.05) is 42.0 Å². The highest BCUT2D eigenvalue weighted by atomic mass is 16.5. The lowest BCUT2D eigenvalue weighted by atomic mass is 9.57. The summed E-state index contributed by atoms with van der Waals surface area (Å²) in [6, 6.07) is 18.3. The minimum absolute atomic E-state index is 0.0913. The minimum atomic E-state index is -0.716. The van der Waals surface area contributed by atoms with Crippen LogP contribution < -0.4 is 4.74 Å². The molecule has 0 unspecified atom stereocenters. The number of methoxy groups -OCH3 is 1. The van der Waals surface area contributed by atoms with Gasteiger partial charge in [-0.15, -0.1) is 0 Å². The molecule has 0 bridgehead atoms. The molecule has 10 heteroatoms. The van der Waals surface area contributed by atoms with Crippen molar-refractivity contribution in [2.45, 2.75) is 31.6 Å². The number of hydrogen-bond acceptors (Lipinski definition) is 8. The Bertz CT molecular complexity index is 1780. The highest BCUT2D eigenvalue weighted by Gasteiger charge is 2.61. The van der Waals surface area contributed by atoms with Gasteiger partial charge < -0.3 is 20.1 Å². The number of allylic oxidation sites excluding steroid dienone is 2. The van der Waals surface area contributed by atoms with Crippen molar-refractivity contribution in [2.75, 3.05) is 20.2 Å². The lowest BCUT2D eigenvalue weighted by Crippen LogP contribution is -2.43. The standard InChI is InChI=1S/C37H36N2O8/c1-47-30-13-6-22(18-29(30)42)31-25-11-12-26-32(36(45)38(34(26)43)16-14-20-2-7-23(40)8-3-20)27(25)19-28-33(31)37(46)39(35(28)44)17-15-21-4-9-24(41)10-5-21/h2-11,13,18,26-28,31-33,40-42H,12,14-17,19H2,1H3/t26-,27+,28+,31-,32-,33+/m0/s1.